The molecular weight excluding hydrogens is 296 g/mol. The molecule has 0 bridgehead atoms. The lowest BCUT2D eigenvalue weighted by atomic mass is 10.2. The largest absolute Gasteiger partial charge is 0.298 e. The van der Waals surface area contributed by atoms with Crippen molar-refractivity contribution >= 4 is 27.3 Å². The Morgan fingerprint density at radius 3 is 2.59 bits per heavy atom. The van der Waals surface area contributed by atoms with Crippen molar-refractivity contribution in [3.8, 4) is 10.4 Å². The van der Waals surface area contributed by atoms with Gasteiger partial charge in [0.15, 0.2) is 5.78 Å². The lowest BCUT2D eigenvalue weighted by Crippen LogP contribution is -2.29. The number of ketones is 1. The lowest BCUT2D eigenvalue weighted by molar-refractivity contribution is -0.119. The van der Waals surface area contributed by atoms with Gasteiger partial charge in [-0.15, -0.1) is 11.3 Å². The number of carbonyl (C=O) groups excluding carboxylic acids is 1. The molecule has 1 unspecified atom stereocenters. The van der Waals surface area contributed by atoms with Crippen molar-refractivity contribution in [1.82, 2.24) is 9.55 Å². The standard InChI is InChI=1S/C17H16N2O2S/c1-10(11(2)20)19-12(3)18-16-14(17(19)21)9-15(22-16)13-7-5-4-6-8-13/h4-10H,1-3H3. The maximum atomic E-state index is 12.7. The molecule has 0 saturated carbocycles. The normalized spacial score (nSPS) is 12.5. The number of carbonyl (C=O) groups is 1. The molecule has 4 nitrogen and oxygen atoms in total. The molecule has 112 valence electrons. The number of aromatic nitrogens is 2. The van der Waals surface area contributed by atoms with E-state index in [9.17, 15) is 9.59 Å². The van der Waals surface area contributed by atoms with Crippen LogP contribution in [0.5, 0.6) is 0 Å². The Kier molecular flexibility index (Phi) is 3.66. The summed E-state index contributed by atoms with van der Waals surface area (Å²) in [6.07, 6.45) is 0. The molecule has 0 aliphatic rings. The zero-order chi connectivity index (χ0) is 15.9. The third-order valence-corrected chi connectivity index (χ3v) is 4.89. The number of Topliss-reactive ketones (excluding diaryl/α,β-unsaturated/α-hetero) is 1. The van der Waals surface area contributed by atoms with Gasteiger partial charge in [-0.05, 0) is 32.4 Å². The van der Waals surface area contributed by atoms with Gasteiger partial charge in [0.2, 0.25) is 0 Å². The van der Waals surface area contributed by atoms with E-state index in [4.69, 9.17) is 0 Å². The Bertz CT molecular complexity index is 910. The molecule has 2 aromatic heterocycles. The number of fused-ring (bicyclic) bond motifs is 1. The first-order chi connectivity index (χ1) is 10.5. The second kappa shape index (κ2) is 5.50. The summed E-state index contributed by atoms with van der Waals surface area (Å²) in [5.74, 6) is 0.520. The summed E-state index contributed by atoms with van der Waals surface area (Å²) in [4.78, 5) is 30.6. The number of hydrogen-bond donors (Lipinski definition) is 0. The maximum absolute atomic E-state index is 12.7. The highest BCUT2D eigenvalue weighted by atomic mass is 32.1. The number of hydrogen-bond acceptors (Lipinski definition) is 4. The van der Waals surface area contributed by atoms with Crippen LogP contribution < -0.4 is 5.56 Å². The molecule has 0 aliphatic heterocycles. The number of rotatable bonds is 3. The fourth-order valence-corrected chi connectivity index (χ4v) is 3.55. The van der Waals surface area contributed by atoms with Crippen molar-refractivity contribution < 1.29 is 4.79 Å². The Morgan fingerprint density at radius 1 is 1.27 bits per heavy atom. The molecule has 0 aliphatic carbocycles. The highest BCUT2D eigenvalue weighted by Crippen LogP contribution is 2.31. The van der Waals surface area contributed by atoms with E-state index in [1.54, 1.807) is 13.8 Å². The zero-order valence-corrected chi connectivity index (χ0v) is 13.5. The average molecular weight is 312 g/mol. The highest BCUT2D eigenvalue weighted by molar-refractivity contribution is 7.21. The Hall–Kier alpha value is -2.27. The van der Waals surface area contributed by atoms with E-state index in [2.05, 4.69) is 4.98 Å². The van der Waals surface area contributed by atoms with Crippen LogP contribution in [0.25, 0.3) is 20.7 Å². The van der Waals surface area contributed by atoms with Crippen LogP contribution in [0, 0.1) is 6.92 Å². The summed E-state index contributed by atoms with van der Waals surface area (Å²) >= 11 is 1.50. The average Bonchev–Trinajstić information content (AvgIpc) is 2.92. The Morgan fingerprint density at radius 2 is 1.95 bits per heavy atom. The van der Waals surface area contributed by atoms with Gasteiger partial charge >= 0.3 is 0 Å². The lowest BCUT2D eigenvalue weighted by Gasteiger charge is -2.14. The van der Waals surface area contributed by atoms with Crippen LogP contribution in [-0.2, 0) is 4.79 Å². The fraction of sp³-hybridized carbons (Fsp3) is 0.235. The van der Waals surface area contributed by atoms with Gasteiger partial charge in [0.1, 0.15) is 10.7 Å². The van der Waals surface area contributed by atoms with Gasteiger partial charge in [0.05, 0.1) is 11.4 Å². The van der Waals surface area contributed by atoms with E-state index in [0.717, 1.165) is 10.4 Å². The molecule has 0 N–H and O–H groups in total. The summed E-state index contributed by atoms with van der Waals surface area (Å²) in [5.41, 5.74) is 0.914. The van der Waals surface area contributed by atoms with Gasteiger partial charge in [-0.25, -0.2) is 4.98 Å². The predicted octanol–water partition coefficient (Wildman–Crippen LogP) is 3.58. The topological polar surface area (TPSA) is 52.0 Å². The molecule has 2 heterocycles. The van der Waals surface area contributed by atoms with Gasteiger partial charge in [-0.1, -0.05) is 30.3 Å². The zero-order valence-electron chi connectivity index (χ0n) is 12.7. The van der Waals surface area contributed by atoms with Crippen molar-refractivity contribution in [2.45, 2.75) is 26.8 Å². The van der Waals surface area contributed by atoms with Gasteiger partial charge in [0, 0.05) is 4.88 Å². The number of thiophene rings is 1. The van der Waals surface area contributed by atoms with Crippen molar-refractivity contribution in [2.24, 2.45) is 0 Å². The van der Waals surface area contributed by atoms with E-state index in [1.807, 2.05) is 36.4 Å². The molecule has 0 saturated heterocycles. The first kappa shape index (κ1) is 14.7. The summed E-state index contributed by atoms with van der Waals surface area (Å²) in [7, 11) is 0. The van der Waals surface area contributed by atoms with Crippen LogP contribution in [0.1, 0.15) is 25.7 Å². The number of aryl methyl sites for hydroxylation is 1. The fourth-order valence-electron chi connectivity index (χ4n) is 2.48. The van der Waals surface area contributed by atoms with Gasteiger partial charge in [-0.2, -0.15) is 0 Å². The predicted molar refractivity (Wildman–Crippen MR) is 89.4 cm³/mol. The second-order valence-electron chi connectivity index (χ2n) is 5.32. The quantitative estimate of drug-likeness (QED) is 0.742. The minimum Gasteiger partial charge on any atom is -0.298 e. The van der Waals surface area contributed by atoms with E-state index in [0.29, 0.717) is 16.0 Å². The Labute approximate surface area is 132 Å². The van der Waals surface area contributed by atoms with Gasteiger partial charge in [-0.3, -0.25) is 14.2 Å². The van der Waals surface area contributed by atoms with Crippen molar-refractivity contribution in [1.29, 1.82) is 0 Å². The summed E-state index contributed by atoms with van der Waals surface area (Å²) in [6.45, 7) is 4.99. The molecule has 0 radical (unpaired) electrons. The molecule has 1 aromatic carbocycles. The van der Waals surface area contributed by atoms with E-state index in [1.165, 1.54) is 22.8 Å². The summed E-state index contributed by atoms with van der Waals surface area (Å²) in [6, 6.07) is 11.3. The van der Waals surface area contributed by atoms with E-state index >= 15 is 0 Å². The molecular formula is C17H16N2O2S. The first-order valence-electron chi connectivity index (χ1n) is 7.07. The first-order valence-corrected chi connectivity index (χ1v) is 7.89. The van der Waals surface area contributed by atoms with Gasteiger partial charge in [0.25, 0.3) is 5.56 Å². The molecule has 22 heavy (non-hydrogen) atoms. The van der Waals surface area contributed by atoms with Crippen LogP contribution in [-0.4, -0.2) is 15.3 Å². The number of benzene rings is 1. The van der Waals surface area contributed by atoms with Gasteiger partial charge < -0.3 is 0 Å². The van der Waals surface area contributed by atoms with Crippen LogP contribution in [0.3, 0.4) is 0 Å². The third-order valence-electron chi connectivity index (χ3n) is 3.81. The minimum atomic E-state index is -0.496. The van der Waals surface area contributed by atoms with E-state index < -0.39 is 6.04 Å². The summed E-state index contributed by atoms with van der Waals surface area (Å²) in [5, 5.41) is 0.572. The molecule has 5 heteroatoms. The molecule has 3 aromatic rings. The molecule has 3 rings (SSSR count). The van der Waals surface area contributed by atoms with Crippen LogP contribution in [0.4, 0.5) is 0 Å². The summed E-state index contributed by atoms with van der Waals surface area (Å²) < 4.78 is 1.48. The third kappa shape index (κ3) is 2.37. The monoisotopic (exact) mass is 312 g/mol. The van der Waals surface area contributed by atoms with Crippen molar-refractivity contribution in [2.75, 3.05) is 0 Å². The van der Waals surface area contributed by atoms with Crippen LogP contribution >= 0.6 is 11.3 Å². The second-order valence-corrected chi connectivity index (χ2v) is 6.35. The minimum absolute atomic E-state index is 0.0511. The van der Waals surface area contributed by atoms with Crippen LogP contribution in [0.2, 0.25) is 0 Å². The maximum Gasteiger partial charge on any atom is 0.262 e. The molecule has 1 atom stereocenters. The highest BCUT2D eigenvalue weighted by Gasteiger charge is 2.18. The van der Waals surface area contributed by atoms with E-state index in [-0.39, 0.29) is 11.3 Å². The molecule has 0 amide bonds. The van der Waals surface area contributed by atoms with Crippen molar-refractivity contribution in [3.05, 3.63) is 52.6 Å². The molecule has 0 spiro atoms. The smallest absolute Gasteiger partial charge is 0.262 e. The molecule has 0 fully saturated rings. The van der Waals surface area contributed by atoms with Crippen molar-refractivity contribution in [3.63, 3.8) is 0 Å². The van der Waals surface area contributed by atoms with Crippen LogP contribution in [0.15, 0.2) is 41.2 Å². The SMILES string of the molecule is CC(=O)C(C)n1c(C)nc2sc(-c3ccccc3)cc2c1=O. The number of nitrogens with zero attached hydrogens (tertiary/aromatic N) is 2. The Balaban J connectivity index is 2.24.